The Balaban J connectivity index is 2.12. The van der Waals surface area contributed by atoms with Crippen LogP contribution >= 0.6 is 0 Å². The first-order valence-corrected chi connectivity index (χ1v) is 6.92. The Hall–Kier alpha value is -1.67. The summed E-state index contributed by atoms with van der Waals surface area (Å²) in [6.45, 7) is 0.320. The minimum atomic E-state index is -3.62. The quantitative estimate of drug-likeness (QED) is 0.671. The fraction of sp³-hybridized carbons (Fsp3) is 0.400. The Bertz CT molecular complexity index is 541. The molecule has 3 N–H and O–H groups in total. The van der Waals surface area contributed by atoms with Gasteiger partial charge < -0.3 is 10.6 Å². The molecule has 0 radical (unpaired) electrons. The zero-order valence-corrected chi connectivity index (χ0v) is 10.6. The third kappa shape index (κ3) is 2.77. The fourth-order valence-corrected chi connectivity index (χ4v) is 2.84. The first kappa shape index (κ1) is 12.8. The molecule has 2 rings (SSSR count). The normalized spacial score (nSPS) is 19.6. The number of hydrogen-bond acceptors (Lipinski definition) is 5. The van der Waals surface area contributed by atoms with Gasteiger partial charge in [0.05, 0.1) is 0 Å². The lowest BCUT2D eigenvalue weighted by Gasteiger charge is -2.11. The Morgan fingerprint density at radius 2 is 2.22 bits per heavy atom. The van der Waals surface area contributed by atoms with Crippen molar-refractivity contribution in [2.75, 3.05) is 18.9 Å². The van der Waals surface area contributed by atoms with Crippen LogP contribution in [0, 0.1) is 0 Å². The molecule has 1 fully saturated rings. The molecule has 18 heavy (non-hydrogen) atoms. The highest BCUT2D eigenvalue weighted by Crippen LogP contribution is 2.12. The van der Waals surface area contributed by atoms with Gasteiger partial charge in [0.25, 0.3) is 0 Å². The highest BCUT2D eigenvalue weighted by atomic mass is 32.2. The molecule has 1 aromatic rings. The van der Waals surface area contributed by atoms with Gasteiger partial charge in [-0.2, -0.15) is 0 Å². The fourth-order valence-electron chi connectivity index (χ4n) is 1.66. The first-order chi connectivity index (χ1) is 8.51. The summed E-state index contributed by atoms with van der Waals surface area (Å²) in [4.78, 5) is 15.0. The molecule has 1 unspecified atom stereocenters. The molecule has 1 amide bonds. The largest absolute Gasteiger partial charge is 0.373 e. The van der Waals surface area contributed by atoms with E-state index in [1.54, 1.807) is 13.1 Å². The minimum Gasteiger partial charge on any atom is -0.373 e. The molecule has 1 atom stereocenters. The molecule has 0 aliphatic carbocycles. The number of anilines is 1. The van der Waals surface area contributed by atoms with E-state index in [-0.39, 0.29) is 17.2 Å². The van der Waals surface area contributed by atoms with E-state index in [1.165, 1.54) is 12.3 Å². The third-order valence-electron chi connectivity index (χ3n) is 2.60. The van der Waals surface area contributed by atoms with E-state index in [0.717, 1.165) is 0 Å². The van der Waals surface area contributed by atoms with Crippen LogP contribution in [0.2, 0.25) is 0 Å². The second-order valence-corrected chi connectivity index (χ2v) is 5.67. The van der Waals surface area contributed by atoms with Crippen LogP contribution < -0.4 is 15.4 Å². The molecular weight excluding hydrogens is 256 g/mol. The Morgan fingerprint density at radius 3 is 2.72 bits per heavy atom. The molecule has 0 saturated carbocycles. The van der Waals surface area contributed by atoms with Crippen LogP contribution in [0.4, 0.5) is 5.82 Å². The summed E-state index contributed by atoms with van der Waals surface area (Å²) < 4.78 is 26.4. The number of nitrogens with one attached hydrogen (secondary N) is 3. The number of nitrogens with zero attached hydrogens (tertiary/aromatic N) is 1. The lowest BCUT2D eigenvalue weighted by Crippen LogP contribution is -2.36. The van der Waals surface area contributed by atoms with E-state index in [2.05, 4.69) is 20.3 Å². The smallest absolute Gasteiger partial charge is 0.242 e. The van der Waals surface area contributed by atoms with Gasteiger partial charge in [-0.05, 0) is 12.1 Å². The van der Waals surface area contributed by atoms with Crippen LogP contribution in [0.5, 0.6) is 0 Å². The van der Waals surface area contributed by atoms with Crippen LogP contribution in [-0.2, 0) is 14.8 Å². The monoisotopic (exact) mass is 270 g/mol. The number of hydrogen-bond donors (Lipinski definition) is 3. The molecule has 1 aromatic heterocycles. The zero-order valence-electron chi connectivity index (χ0n) is 9.80. The van der Waals surface area contributed by atoms with Gasteiger partial charge >= 0.3 is 0 Å². The average Bonchev–Trinajstić information content (AvgIpc) is 2.74. The lowest BCUT2D eigenvalue weighted by atomic mass is 10.3. The van der Waals surface area contributed by atoms with Crippen LogP contribution in [-0.4, -0.2) is 38.9 Å². The van der Waals surface area contributed by atoms with Crippen molar-refractivity contribution < 1.29 is 13.2 Å². The van der Waals surface area contributed by atoms with Gasteiger partial charge in [-0.15, -0.1) is 0 Å². The van der Waals surface area contributed by atoms with Gasteiger partial charge in [-0.3, -0.25) is 4.79 Å². The van der Waals surface area contributed by atoms with E-state index < -0.39 is 16.1 Å². The van der Waals surface area contributed by atoms with Crippen molar-refractivity contribution in [1.29, 1.82) is 0 Å². The van der Waals surface area contributed by atoms with Gasteiger partial charge in [0.2, 0.25) is 15.9 Å². The van der Waals surface area contributed by atoms with Crippen molar-refractivity contribution in [2.45, 2.75) is 17.4 Å². The molecule has 0 spiro atoms. The van der Waals surface area contributed by atoms with Crippen molar-refractivity contribution in [2.24, 2.45) is 0 Å². The van der Waals surface area contributed by atoms with E-state index in [1.807, 2.05) is 0 Å². The second kappa shape index (κ2) is 4.91. The van der Waals surface area contributed by atoms with E-state index in [4.69, 9.17) is 0 Å². The summed E-state index contributed by atoms with van der Waals surface area (Å²) in [5.41, 5.74) is 0. The van der Waals surface area contributed by atoms with Crippen LogP contribution in [0.3, 0.4) is 0 Å². The Kier molecular flexibility index (Phi) is 3.48. The number of sulfonamides is 1. The lowest BCUT2D eigenvalue weighted by molar-refractivity contribution is -0.119. The van der Waals surface area contributed by atoms with Gasteiger partial charge in [0.1, 0.15) is 10.7 Å². The number of amides is 1. The van der Waals surface area contributed by atoms with Gasteiger partial charge in [0, 0.05) is 32.3 Å². The summed E-state index contributed by atoms with van der Waals surface area (Å²) in [6, 6.07) is 2.64. The Morgan fingerprint density at radius 1 is 1.44 bits per heavy atom. The number of carbonyl (C=O) groups is 1. The average molecular weight is 270 g/mol. The first-order valence-electron chi connectivity index (χ1n) is 5.44. The molecule has 0 aromatic carbocycles. The van der Waals surface area contributed by atoms with Gasteiger partial charge in [-0.25, -0.2) is 18.1 Å². The molecule has 8 heteroatoms. The second-order valence-electron chi connectivity index (χ2n) is 3.96. The maximum absolute atomic E-state index is 12.0. The minimum absolute atomic E-state index is 0.0841. The molecule has 98 valence electrons. The van der Waals surface area contributed by atoms with E-state index >= 15 is 0 Å². The predicted molar refractivity (Wildman–Crippen MR) is 65.5 cm³/mol. The molecule has 1 saturated heterocycles. The summed E-state index contributed by atoms with van der Waals surface area (Å²) >= 11 is 0. The number of carbonyl (C=O) groups excluding carboxylic acids is 1. The molecule has 2 heterocycles. The molecule has 0 bridgehead atoms. The van der Waals surface area contributed by atoms with Crippen molar-refractivity contribution in [3.8, 4) is 0 Å². The van der Waals surface area contributed by atoms with Crippen LogP contribution in [0.15, 0.2) is 23.2 Å². The summed E-state index contributed by atoms with van der Waals surface area (Å²) in [5.74, 6) is 0.443. The van der Waals surface area contributed by atoms with E-state index in [9.17, 15) is 13.2 Å². The standard InChI is InChI=1S/C10H14N4O3S/c1-11-9-3-2-8(6-12-9)18(16,17)14-7-4-10(15)13-5-7/h2-3,6-7,14H,4-5H2,1H3,(H,11,12)(H,13,15). The van der Waals surface area contributed by atoms with Gasteiger partial charge in [0.15, 0.2) is 0 Å². The molecule has 1 aliphatic rings. The molecule has 1 aliphatic heterocycles. The van der Waals surface area contributed by atoms with Crippen LogP contribution in [0.25, 0.3) is 0 Å². The third-order valence-corrected chi connectivity index (χ3v) is 4.11. The maximum Gasteiger partial charge on any atom is 0.242 e. The highest BCUT2D eigenvalue weighted by molar-refractivity contribution is 7.89. The number of rotatable bonds is 4. The van der Waals surface area contributed by atoms with Gasteiger partial charge in [-0.1, -0.05) is 0 Å². The van der Waals surface area contributed by atoms with Crippen molar-refractivity contribution in [1.82, 2.24) is 15.0 Å². The molecule has 7 nitrogen and oxygen atoms in total. The predicted octanol–water partition coefficient (Wildman–Crippen LogP) is -0.710. The number of aromatic nitrogens is 1. The number of pyridine rings is 1. The zero-order chi connectivity index (χ0) is 13.2. The molecular formula is C10H14N4O3S. The SMILES string of the molecule is CNc1ccc(S(=O)(=O)NC2CNC(=O)C2)cn1. The highest BCUT2D eigenvalue weighted by Gasteiger charge is 2.26. The topological polar surface area (TPSA) is 100 Å². The van der Waals surface area contributed by atoms with Crippen LogP contribution in [0.1, 0.15) is 6.42 Å². The van der Waals surface area contributed by atoms with Crippen molar-refractivity contribution in [3.63, 3.8) is 0 Å². The van der Waals surface area contributed by atoms with E-state index in [0.29, 0.717) is 12.4 Å². The summed E-state index contributed by atoms with van der Waals surface area (Å²) in [5, 5.41) is 5.37. The maximum atomic E-state index is 12.0. The van der Waals surface area contributed by atoms with Crippen molar-refractivity contribution >= 4 is 21.7 Å². The summed E-state index contributed by atoms with van der Waals surface area (Å²) in [7, 11) is -1.93. The Labute approximate surface area is 105 Å². The van der Waals surface area contributed by atoms with Crippen molar-refractivity contribution in [3.05, 3.63) is 18.3 Å². The summed E-state index contributed by atoms with van der Waals surface area (Å²) in [6.07, 6.45) is 1.44.